The Morgan fingerprint density at radius 3 is 2.03 bits per heavy atom. The molecule has 4 rings (SSSR count). The number of ether oxygens (including phenoxy) is 1. The highest BCUT2D eigenvalue weighted by Crippen LogP contribution is 2.25. The Morgan fingerprint density at radius 2 is 1.44 bits per heavy atom. The van der Waals surface area contributed by atoms with Gasteiger partial charge >= 0.3 is 0 Å². The predicted octanol–water partition coefficient (Wildman–Crippen LogP) is 3.56. The molecule has 4 N–H and O–H groups in total. The molecule has 8 heteroatoms. The number of nitrogens with one attached hydrogen (secondary N) is 3. The second-order valence-corrected chi connectivity index (χ2v) is 8.48. The topological polar surface area (TPSA) is 117 Å². The van der Waals surface area contributed by atoms with E-state index in [9.17, 15) is 14.4 Å². The summed E-state index contributed by atoms with van der Waals surface area (Å²) >= 11 is 0. The Morgan fingerprint density at radius 1 is 0.861 bits per heavy atom. The van der Waals surface area contributed by atoms with E-state index in [-0.39, 0.29) is 24.4 Å². The lowest BCUT2D eigenvalue weighted by Gasteiger charge is -2.10. The highest BCUT2D eigenvalue weighted by Gasteiger charge is 2.25. The quantitative estimate of drug-likeness (QED) is 0.160. The van der Waals surface area contributed by atoms with Gasteiger partial charge in [0.15, 0.2) is 0 Å². The molecule has 1 aliphatic rings. The van der Waals surface area contributed by atoms with Gasteiger partial charge in [0.1, 0.15) is 5.75 Å². The number of hydroxylamine groups is 1. The van der Waals surface area contributed by atoms with Crippen molar-refractivity contribution in [3.63, 3.8) is 0 Å². The largest absolute Gasteiger partial charge is 0.497 e. The number of hydrogen-bond acceptors (Lipinski definition) is 5. The first kappa shape index (κ1) is 24.7. The second-order valence-electron chi connectivity index (χ2n) is 8.48. The van der Waals surface area contributed by atoms with Crippen molar-refractivity contribution in [2.75, 3.05) is 7.11 Å². The molecule has 1 saturated carbocycles. The fraction of sp³-hybridized carbons (Fsp3) is 0.179. The summed E-state index contributed by atoms with van der Waals surface area (Å²) in [5.41, 5.74) is 5.30. The summed E-state index contributed by atoms with van der Waals surface area (Å²) < 4.78 is 5.22. The first-order chi connectivity index (χ1) is 17.5. The summed E-state index contributed by atoms with van der Waals surface area (Å²) in [4.78, 5) is 36.9. The number of benzene rings is 3. The summed E-state index contributed by atoms with van der Waals surface area (Å²) in [5.74, 6) is -0.265. The highest BCUT2D eigenvalue weighted by molar-refractivity contribution is 6.24. The first-order valence-electron chi connectivity index (χ1n) is 11.6. The minimum absolute atomic E-state index is 0.132. The fourth-order valence-corrected chi connectivity index (χ4v) is 3.56. The molecule has 184 valence electrons. The van der Waals surface area contributed by atoms with Crippen molar-refractivity contribution < 1.29 is 24.3 Å². The van der Waals surface area contributed by atoms with Crippen LogP contribution in [0.1, 0.15) is 50.2 Å². The smallest absolute Gasteiger partial charge is 0.274 e. The molecule has 0 bridgehead atoms. The van der Waals surface area contributed by atoms with Gasteiger partial charge in [0, 0.05) is 29.3 Å². The molecule has 0 unspecified atom stereocenters. The van der Waals surface area contributed by atoms with Crippen molar-refractivity contribution in [3.8, 4) is 5.75 Å². The van der Waals surface area contributed by atoms with E-state index in [0.717, 1.165) is 29.5 Å². The Labute approximate surface area is 208 Å². The standard InChI is InChI=1S/C28H27N3O5/c1-36-24-14-10-20(11-15-24)25(28(34)30-23-12-13-23)16-18-2-6-21(7-3-18)26(32)29-17-19-4-8-22(9-5-19)27(33)31-35/h2-11,14-16,23,35H,12-13,17H2,1H3,(H,29,32)(H,30,34)(H,31,33). The van der Waals surface area contributed by atoms with Gasteiger partial charge in [-0.25, -0.2) is 5.48 Å². The molecule has 0 radical (unpaired) electrons. The van der Waals surface area contributed by atoms with E-state index in [0.29, 0.717) is 22.4 Å². The summed E-state index contributed by atoms with van der Waals surface area (Å²) in [6.07, 6.45) is 3.80. The minimum Gasteiger partial charge on any atom is -0.497 e. The van der Waals surface area contributed by atoms with Crippen molar-refractivity contribution in [1.29, 1.82) is 0 Å². The van der Waals surface area contributed by atoms with Crippen molar-refractivity contribution >= 4 is 29.4 Å². The average Bonchev–Trinajstić information content (AvgIpc) is 3.74. The maximum Gasteiger partial charge on any atom is 0.274 e. The maximum atomic E-state index is 12.9. The molecule has 8 nitrogen and oxygen atoms in total. The third-order valence-corrected chi connectivity index (χ3v) is 5.81. The monoisotopic (exact) mass is 485 g/mol. The summed E-state index contributed by atoms with van der Waals surface area (Å²) in [6.45, 7) is 0.282. The van der Waals surface area contributed by atoms with Gasteiger partial charge in [-0.3, -0.25) is 19.6 Å². The van der Waals surface area contributed by atoms with Crippen molar-refractivity contribution in [3.05, 3.63) is 101 Å². The molecular weight excluding hydrogens is 458 g/mol. The van der Waals surface area contributed by atoms with Crippen LogP contribution in [0.25, 0.3) is 11.6 Å². The van der Waals surface area contributed by atoms with Crippen LogP contribution in [0.5, 0.6) is 5.75 Å². The van der Waals surface area contributed by atoms with Crippen molar-refractivity contribution in [2.24, 2.45) is 0 Å². The van der Waals surface area contributed by atoms with Crippen LogP contribution in [0.4, 0.5) is 0 Å². The van der Waals surface area contributed by atoms with Crippen LogP contribution in [0.15, 0.2) is 72.8 Å². The van der Waals surface area contributed by atoms with Crippen LogP contribution in [0.3, 0.4) is 0 Å². The van der Waals surface area contributed by atoms with Crippen LogP contribution < -0.4 is 20.9 Å². The number of hydrogen-bond donors (Lipinski definition) is 4. The van der Waals surface area contributed by atoms with Gasteiger partial charge in [0.25, 0.3) is 17.7 Å². The van der Waals surface area contributed by atoms with E-state index in [2.05, 4.69) is 10.6 Å². The molecule has 1 fully saturated rings. The molecule has 0 atom stereocenters. The summed E-state index contributed by atoms with van der Waals surface area (Å²) in [6, 6.07) is 21.1. The number of methoxy groups -OCH3 is 1. The van der Waals surface area contributed by atoms with Crippen LogP contribution in [0.2, 0.25) is 0 Å². The molecular formula is C28H27N3O5. The third kappa shape index (κ3) is 6.37. The van der Waals surface area contributed by atoms with Gasteiger partial charge in [-0.1, -0.05) is 36.4 Å². The second kappa shape index (κ2) is 11.3. The van der Waals surface area contributed by atoms with E-state index in [4.69, 9.17) is 9.94 Å². The number of rotatable bonds is 9. The lowest BCUT2D eigenvalue weighted by molar-refractivity contribution is -0.115. The van der Waals surface area contributed by atoms with Crippen molar-refractivity contribution in [1.82, 2.24) is 16.1 Å². The fourth-order valence-electron chi connectivity index (χ4n) is 3.56. The molecule has 3 aromatic carbocycles. The van der Waals surface area contributed by atoms with Gasteiger partial charge in [0.2, 0.25) is 0 Å². The van der Waals surface area contributed by atoms with Crippen molar-refractivity contribution in [2.45, 2.75) is 25.4 Å². The van der Waals surface area contributed by atoms with E-state index in [1.165, 1.54) is 0 Å². The number of amides is 3. The summed E-state index contributed by atoms with van der Waals surface area (Å²) in [7, 11) is 1.60. The van der Waals surface area contributed by atoms with Gasteiger partial charge in [-0.2, -0.15) is 0 Å². The third-order valence-electron chi connectivity index (χ3n) is 5.81. The SMILES string of the molecule is COc1ccc(C(=Cc2ccc(C(=O)NCc3ccc(C(=O)NO)cc3)cc2)C(=O)NC2CC2)cc1. The Kier molecular flexibility index (Phi) is 7.77. The van der Waals surface area contributed by atoms with E-state index in [1.54, 1.807) is 61.1 Å². The minimum atomic E-state index is -0.597. The lowest BCUT2D eigenvalue weighted by atomic mass is 10.0. The zero-order valence-corrected chi connectivity index (χ0v) is 19.8. The molecule has 0 spiro atoms. The average molecular weight is 486 g/mol. The van der Waals surface area contributed by atoms with Gasteiger partial charge < -0.3 is 15.4 Å². The van der Waals surface area contributed by atoms with Crippen LogP contribution in [-0.4, -0.2) is 36.1 Å². The first-order valence-corrected chi connectivity index (χ1v) is 11.6. The Hall–Kier alpha value is -4.43. The van der Waals surface area contributed by atoms with E-state index < -0.39 is 5.91 Å². The number of carbonyl (C=O) groups is 3. The Bertz CT molecular complexity index is 1260. The molecule has 36 heavy (non-hydrogen) atoms. The Balaban J connectivity index is 1.44. The molecule has 3 amide bonds. The van der Waals surface area contributed by atoms with Crippen LogP contribution >= 0.6 is 0 Å². The van der Waals surface area contributed by atoms with Gasteiger partial charge in [-0.15, -0.1) is 0 Å². The highest BCUT2D eigenvalue weighted by atomic mass is 16.5. The van der Waals surface area contributed by atoms with Gasteiger partial charge in [-0.05, 0) is 72.0 Å². The maximum absolute atomic E-state index is 12.9. The molecule has 0 heterocycles. The zero-order chi connectivity index (χ0) is 25.5. The van der Waals surface area contributed by atoms with Crippen LogP contribution in [-0.2, 0) is 11.3 Å². The van der Waals surface area contributed by atoms with Gasteiger partial charge in [0.05, 0.1) is 7.11 Å². The van der Waals surface area contributed by atoms with E-state index >= 15 is 0 Å². The normalized spacial score (nSPS) is 13.0. The molecule has 3 aromatic rings. The lowest BCUT2D eigenvalue weighted by Crippen LogP contribution is -2.26. The molecule has 0 saturated heterocycles. The number of carbonyl (C=O) groups excluding carboxylic acids is 3. The molecule has 0 aliphatic heterocycles. The van der Waals surface area contributed by atoms with E-state index in [1.807, 2.05) is 30.3 Å². The molecule has 0 aromatic heterocycles. The summed E-state index contributed by atoms with van der Waals surface area (Å²) in [5, 5.41) is 14.6. The zero-order valence-electron chi connectivity index (χ0n) is 19.8. The predicted molar refractivity (Wildman–Crippen MR) is 135 cm³/mol. The van der Waals surface area contributed by atoms with Crippen LogP contribution in [0, 0.1) is 0 Å². The molecule has 1 aliphatic carbocycles.